The monoisotopic (exact) mass is 331 g/mol. The molecule has 0 fully saturated rings. The molecule has 0 aliphatic heterocycles. The summed E-state index contributed by atoms with van der Waals surface area (Å²) in [6, 6.07) is 7.53. The summed E-state index contributed by atoms with van der Waals surface area (Å²) in [4.78, 5) is 32.7. The number of benzene rings is 2. The summed E-state index contributed by atoms with van der Waals surface area (Å²) in [6.45, 7) is 1.09. The first-order valence-corrected chi connectivity index (χ1v) is 6.77. The molecule has 0 aliphatic rings. The average molecular weight is 331 g/mol. The summed E-state index contributed by atoms with van der Waals surface area (Å²) in [7, 11) is 0. The molecule has 0 aromatic heterocycles. The normalized spacial score (nSPS) is 10.2. The minimum atomic E-state index is -1.27. The Morgan fingerprint density at radius 3 is 2.50 bits per heavy atom. The van der Waals surface area contributed by atoms with Gasteiger partial charge in [-0.3, -0.25) is 14.9 Å². The van der Waals surface area contributed by atoms with Crippen LogP contribution in [0.15, 0.2) is 36.4 Å². The maximum atomic E-state index is 11.4. The van der Waals surface area contributed by atoms with Crippen molar-refractivity contribution in [2.75, 3.05) is 0 Å². The smallest absolute Gasteiger partial charge is 0.335 e. The summed E-state index contributed by atoms with van der Waals surface area (Å²) in [5.74, 6) is -1.56. The predicted molar refractivity (Wildman–Crippen MR) is 82.5 cm³/mol. The minimum Gasteiger partial charge on any atom is -0.507 e. The zero-order chi connectivity index (χ0) is 17.9. The molecule has 2 rings (SSSR count). The molecule has 0 saturated carbocycles. The van der Waals surface area contributed by atoms with E-state index in [1.165, 1.54) is 37.3 Å². The highest BCUT2D eigenvalue weighted by Crippen LogP contribution is 2.26. The molecule has 0 aliphatic carbocycles. The molecule has 0 bridgehead atoms. The number of carbonyl (C=O) groups excluding carboxylic acids is 1. The zero-order valence-corrected chi connectivity index (χ0v) is 12.6. The Kier molecular flexibility index (Phi) is 4.78. The highest BCUT2D eigenvalue weighted by atomic mass is 16.6. The number of rotatable bonds is 6. The molecule has 8 nitrogen and oxygen atoms in total. The van der Waals surface area contributed by atoms with E-state index in [0.29, 0.717) is 0 Å². The van der Waals surface area contributed by atoms with E-state index in [0.717, 1.165) is 6.07 Å². The molecular formula is C16H13NO7. The third-order valence-electron chi connectivity index (χ3n) is 3.27. The van der Waals surface area contributed by atoms with Gasteiger partial charge in [0.05, 0.1) is 21.6 Å². The van der Waals surface area contributed by atoms with Gasteiger partial charge in [-0.15, -0.1) is 0 Å². The SMILES string of the molecule is CC(=O)c1cc(OCc2ccc(C(=O)O)cc2[N+](=O)[O-])ccc1O. The molecular weight excluding hydrogens is 318 g/mol. The number of nitro benzene ring substituents is 1. The summed E-state index contributed by atoms with van der Waals surface area (Å²) >= 11 is 0. The molecule has 8 heteroatoms. The first kappa shape index (κ1) is 16.9. The quantitative estimate of drug-likeness (QED) is 0.473. The van der Waals surface area contributed by atoms with Crippen molar-refractivity contribution in [1.82, 2.24) is 0 Å². The maximum absolute atomic E-state index is 11.4. The van der Waals surface area contributed by atoms with E-state index in [9.17, 15) is 24.8 Å². The van der Waals surface area contributed by atoms with Gasteiger partial charge in [0.2, 0.25) is 0 Å². The van der Waals surface area contributed by atoms with E-state index in [2.05, 4.69) is 0 Å². The van der Waals surface area contributed by atoms with Crippen LogP contribution in [0, 0.1) is 10.1 Å². The van der Waals surface area contributed by atoms with Gasteiger partial charge in [-0.25, -0.2) is 4.79 Å². The first-order chi connectivity index (χ1) is 11.3. The summed E-state index contributed by atoms with van der Waals surface area (Å²) in [5, 5.41) is 29.5. The van der Waals surface area contributed by atoms with E-state index in [1.807, 2.05) is 0 Å². The van der Waals surface area contributed by atoms with Gasteiger partial charge in [0, 0.05) is 6.07 Å². The van der Waals surface area contributed by atoms with E-state index in [4.69, 9.17) is 9.84 Å². The zero-order valence-electron chi connectivity index (χ0n) is 12.6. The van der Waals surface area contributed by atoms with E-state index in [1.54, 1.807) is 0 Å². The summed E-state index contributed by atoms with van der Waals surface area (Å²) in [6.07, 6.45) is 0. The number of carbonyl (C=O) groups is 2. The molecule has 0 heterocycles. The Balaban J connectivity index is 2.26. The Bertz CT molecular complexity index is 829. The lowest BCUT2D eigenvalue weighted by Crippen LogP contribution is -2.04. The Morgan fingerprint density at radius 2 is 1.92 bits per heavy atom. The van der Waals surface area contributed by atoms with Gasteiger partial charge in [-0.05, 0) is 37.3 Å². The second-order valence-corrected chi connectivity index (χ2v) is 4.93. The van der Waals surface area contributed by atoms with Gasteiger partial charge in [0.15, 0.2) is 5.78 Å². The molecule has 0 unspecified atom stereocenters. The second kappa shape index (κ2) is 6.78. The highest BCUT2D eigenvalue weighted by Gasteiger charge is 2.18. The number of aromatic hydroxyl groups is 1. The third kappa shape index (κ3) is 3.67. The highest BCUT2D eigenvalue weighted by molar-refractivity contribution is 5.97. The summed E-state index contributed by atoms with van der Waals surface area (Å²) in [5.41, 5.74) is -0.319. The largest absolute Gasteiger partial charge is 0.507 e. The Morgan fingerprint density at radius 1 is 1.21 bits per heavy atom. The van der Waals surface area contributed by atoms with Crippen molar-refractivity contribution < 1.29 is 29.5 Å². The van der Waals surface area contributed by atoms with Crippen LogP contribution in [0.3, 0.4) is 0 Å². The number of phenolic OH excluding ortho intramolecular Hbond substituents is 1. The number of hydrogen-bond donors (Lipinski definition) is 2. The van der Waals surface area contributed by atoms with Gasteiger partial charge in [-0.2, -0.15) is 0 Å². The van der Waals surface area contributed by atoms with E-state index < -0.39 is 10.9 Å². The van der Waals surface area contributed by atoms with Gasteiger partial charge in [-0.1, -0.05) is 0 Å². The molecule has 2 aromatic carbocycles. The number of Topliss-reactive ketones (excluding diaryl/α,β-unsaturated/α-hetero) is 1. The number of phenols is 1. The molecule has 24 heavy (non-hydrogen) atoms. The number of hydrogen-bond acceptors (Lipinski definition) is 6. The lowest BCUT2D eigenvalue weighted by atomic mass is 10.1. The van der Waals surface area contributed by atoms with Crippen LogP contribution in [-0.4, -0.2) is 26.9 Å². The van der Waals surface area contributed by atoms with Gasteiger partial charge < -0.3 is 14.9 Å². The minimum absolute atomic E-state index is 0.0724. The molecule has 2 N–H and O–H groups in total. The molecule has 0 radical (unpaired) electrons. The molecule has 124 valence electrons. The molecule has 0 atom stereocenters. The van der Waals surface area contributed by atoms with Gasteiger partial charge in [0.25, 0.3) is 5.69 Å². The van der Waals surface area contributed by atoms with Crippen molar-refractivity contribution in [1.29, 1.82) is 0 Å². The number of nitro groups is 1. The molecule has 0 saturated heterocycles. The first-order valence-electron chi connectivity index (χ1n) is 6.77. The van der Waals surface area contributed by atoms with Crippen LogP contribution in [0.25, 0.3) is 0 Å². The number of carboxylic acids is 1. The van der Waals surface area contributed by atoms with E-state index in [-0.39, 0.29) is 46.3 Å². The van der Waals surface area contributed by atoms with Crippen molar-refractivity contribution in [2.45, 2.75) is 13.5 Å². The van der Waals surface area contributed by atoms with Crippen LogP contribution >= 0.6 is 0 Å². The van der Waals surface area contributed by atoms with Crippen LogP contribution < -0.4 is 4.74 Å². The lowest BCUT2D eigenvalue weighted by molar-refractivity contribution is -0.385. The number of nitrogens with zero attached hydrogens (tertiary/aromatic N) is 1. The van der Waals surface area contributed by atoms with Crippen LogP contribution in [0.5, 0.6) is 11.5 Å². The summed E-state index contributed by atoms with van der Waals surface area (Å²) < 4.78 is 5.41. The fourth-order valence-electron chi connectivity index (χ4n) is 2.04. The molecule has 0 spiro atoms. The van der Waals surface area contributed by atoms with Crippen molar-refractivity contribution in [3.8, 4) is 11.5 Å². The van der Waals surface area contributed by atoms with Crippen molar-refractivity contribution in [2.24, 2.45) is 0 Å². The standard InChI is InChI=1S/C16H13NO7/c1-9(18)13-7-12(4-5-15(13)19)24-8-11-3-2-10(16(20)21)6-14(11)17(22)23/h2-7,19H,8H2,1H3,(H,20,21). The number of aromatic carboxylic acids is 1. The third-order valence-corrected chi connectivity index (χ3v) is 3.27. The fraction of sp³-hybridized carbons (Fsp3) is 0.125. The average Bonchev–Trinajstić information content (AvgIpc) is 2.53. The molecule has 2 aromatic rings. The lowest BCUT2D eigenvalue weighted by Gasteiger charge is -2.09. The van der Waals surface area contributed by atoms with Crippen molar-refractivity contribution in [3.05, 3.63) is 63.2 Å². The number of carboxylic acid groups (broad SMARTS) is 1. The van der Waals surface area contributed by atoms with Crippen LogP contribution in [-0.2, 0) is 6.61 Å². The van der Waals surface area contributed by atoms with Gasteiger partial charge >= 0.3 is 5.97 Å². The number of ether oxygens (including phenoxy) is 1. The van der Waals surface area contributed by atoms with Crippen LogP contribution in [0.2, 0.25) is 0 Å². The number of ketones is 1. The molecule has 0 amide bonds. The van der Waals surface area contributed by atoms with E-state index >= 15 is 0 Å². The van der Waals surface area contributed by atoms with Crippen LogP contribution in [0.4, 0.5) is 5.69 Å². The second-order valence-electron chi connectivity index (χ2n) is 4.93. The topological polar surface area (TPSA) is 127 Å². The Hall–Kier alpha value is -3.42. The predicted octanol–water partition coefficient (Wildman–Crippen LogP) is 2.78. The van der Waals surface area contributed by atoms with Crippen molar-refractivity contribution >= 4 is 17.4 Å². The van der Waals surface area contributed by atoms with Crippen molar-refractivity contribution in [3.63, 3.8) is 0 Å². The van der Waals surface area contributed by atoms with Gasteiger partial charge in [0.1, 0.15) is 18.1 Å². The van der Waals surface area contributed by atoms with Crippen LogP contribution in [0.1, 0.15) is 33.2 Å². The fourth-order valence-corrected chi connectivity index (χ4v) is 2.04. The Labute approximate surface area is 136 Å². The maximum Gasteiger partial charge on any atom is 0.335 e.